The van der Waals surface area contributed by atoms with Crippen LogP contribution in [0.2, 0.25) is 0 Å². The number of rotatable bonds is 15. The van der Waals surface area contributed by atoms with Gasteiger partial charge in [-0.25, -0.2) is 4.79 Å². The number of hydrogen-bond acceptors (Lipinski definition) is 1. The van der Waals surface area contributed by atoms with Crippen molar-refractivity contribution in [2.75, 3.05) is 0 Å². The highest BCUT2D eigenvalue weighted by molar-refractivity contribution is 5.83. The summed E-state index contributed by atoms with van der Waals surface area (Å²) in [6.07, 6.45) is 18.4. The summed E-state index contributed by atoms with van der Waals surface area (Å²) in [7, 11) is 0. The highest BCUT2D eigenvalue weighted by Crippen LogP contribution is 2.13. The van der Waals surface area contributed by atoms with Crippen LogP contribution in [0.25, 0.3) is 0 Å². The minimum Gasteiger partial charge on any atom is -0.476 e. The Labute approximate surface area is 129 Å². The smallest absolute Gasteiger partial charge is 0.364 e. The zero-order valence-electron chi connectivity index (χ0n) is 13.7. The molecule has 0 saturated carbocycles. The lowest BCUT2D eigenvalue weighted by Crippen LogP contribution is -1.94. The van der Waals surface area contributed by atoms with Gasteiger partial charge in [0.25, 0.3) is 0 Å². The van der Waals surface area contributed by atoms with Crippen LogP contribution in [0.15, 0.2) is 11.9 Å². The first-order valence-electron chi connectivity index (χ1n) is 8.77. The van der Waals surface area contributed by atoms with Crippen LogP contribution < -0.4 is 0 Å². The molecule has 21 heavy (non-hydrogen) atoms. The number of aliphatic carboxylic acids is 1. The van der Waals surface area contributed by atoms with E-state index in [1.165, 1.54) is 76.7 Å². The normalized spacial score (nSPS) is 11.8. The lowest BCUT2D eigenvalue weighted by Gasteiger charge is -2.02. The van der Waals surface area contributed by atoms with Gasteiger partial charge in [0.1, 0.15) is 0 Å². The van der Waals surface area contributed by atoms with Gasteiger partial charge in [-0.15, -0.1) is 0 Å². The molecule has 0 spiro atoms. The summed E-state index contributed by atoms with van der Waals surface area (Å²) in [5.74, 6) is -2.47. The van der Waals surface area contributed by atoms with Gasteiger partial charge in [-0.05, 0) is 18.9 Å². The van der Waals surface area contributed by atoms with E-state index in [0.717, 1.165) is 12.8 Å². The molecule has 1 N–H and O–H groups in total. The molecule has 0 atom stereocenters. The third-order valence-corrected chi connectivity index (χ3v) is 3.84. The predicted molar refractivity (Wildman–Crippen MR) is 87.1 cm³/mol. The molecule has 0 aliphatic heterocycles. The number of allylic oxidation sites excluding steroid dienone is 1. The van der Waals surface area contributed by atoms with Gasteiger partial charge in [0, 0.05) is 0 Å². The second kappa shape index (κ2) is 15.5. The minimum atomic E-state index is -1.45. The van der Waals surface area contributed by atoms with E-state index in [1.54, 1.807) is 0 Å². The Bertz CT molecular complexity index is 274. The fourth-order valence-electron chi connectivity index (χ4n) is 2.48. The van der Waals surface area contributed by atoms with Crippen molar-refractivity contribution in [2.45, 2.75) is 96.8 Å². The zero-order chi connectivity index (χ0) is 15.8. The molecular formula is C18H33FO2. The number of carboxylic acids is 1. The van der Waals surface area contributed by atoms with Crippen molar-refractivity contribution in [1.82, 2.24) is 0 Å². The molecule has 0 bridgehead atoms. The Balaban J connectivity index is 3.12. The molecule has 124 valence electrons. The van der Waals surface area contributed by atoms with E-state index < -0.39 is 11.8 Å². The molecule has 0 heterocycles. The molecule has 0 fully saturated rings. The van der Waals surface area contributed by atoms with Crippen LogP contribution in [0.1, 0.15) is 96.8 Å². The molecule has 0 aliphatic carbocycles. The molecule has 0 rings (SSSR count). The maximum atomic E-state index is 12.6. The molecular weight excluding hydrogens is 267 g/mol. The van der Waals surface area contributed by atoms with Crippen molar-refractivity contribution >= 4 is 5.97 Å². The fraction of sp³-hybridized carbons (Fsp3) is 0.833. The van der Waals surface area contributed by atoms with E-state index >= 15 is 0 Å². The molecule has 0 aromatic carbocycles. The largest absolute Gasteiger partial charge is 0.476 e. The molecule has 0 aromatic rings. The van der Waals surface area contributed by atoms with Crippen LogP contribution in [-0.2, 0) is 4.79 Å². The number of halogens is 1. The Hall–Kier alpha value is -0.860. The second-order valence-corrected chi connectivity index (χ2v) is 5.89. The Morgan fingerprint density at radius 2 is 1.19 bits per heavy atom. The molecule has 0 radical (unpaired) electrons. The van der Waals surface area contributed by atoms with Crippen molar-refractivity contribution in [3.8, 4) is 0 Å². The van der Waals surface area contributed by atoms with Gasteiger partial charge in [0.05, 0.1) is 0 Å². The molecule has 0 aliphatic rings. The molecule has 2 nitrogen and oxygen atoms in total. The SMILES string of the molecule is CCCCCCCCCCCCCCCC=C(F)C(=O)O. The predicted octanol–water partition coefficient (Wildman–Crippen LogP) is 6.41. The maximum absolute atomic E-state index is 12.6. The molecule has 0 amide bonds. The van der Waals surface area contributed by atoms with E-state index in [1.807, 2.05) is 0 Å². The van der Waals surface area contributed by atoms with Crippen LogP contribution >= 0.6 is 0 Å². The Kier molecular flexibility index (Phi) is 14.9. The molecule has 0 unspecified atom stereocenters. The first-order chi connectivity index (χ1) is 10.2. The van der Waals surface area contributed by atoms with Crippen molar-refractivity contribution < 1.29 is 14.3 Å². The van der Waals surface area contributed by atoms with Crippen molar-refractivity contribution in [3.63, 3.8) is 0 Å². The van der Waals surface area contributed by atoms with Crippen molar-refractivity contribution in [1.29, 1.82) is 0 Å². The standard InChI is InChI=1S/C18H33FO2/c1-2-3-4-5-6-7-8-9-10-11-12-13-14-15-16-17(19)18(20)21/h16H,2-15H2,1H3,(H,20,21). The van der Waals surface area contributed by atoms with E-state index in [4.69, 9.17) is 5.11 Å². The fourth-order valence-corrected chi connectivity index (χ4v) is 2.48. The quantitative estimate of drug-likeness (QED) is 0.280. The van der Waals surface area contributed by atoms with Crippen LogP contribution in [0.4, 0.5) is 4.39 Å². The van der Waals surface area contributed by atoms with Gasteiger partial charge < -0.3 is 5.11 Å². The lowest BCUT2D eigenvalue weighted by molar-refractivity contribution is -0.134. The summed E-state index contributed by atoms with van der Waals surface area (Å²) in [6.45, 7) is 2.25. The first kappa shape index (κ1) is 20.1. The second-order valence-electron chi connectivity index (χ2n) is 5.89. The van der Waals surface area contributed by atoms with Crippen molar-refractivity contribution in [3.05, 3.63) is 11.9 Å². The van der Waals surface area contributed by atoms with E-state index in [-0.39, 0.29) is 0 Å². The monoisotopic (exact) mass is 300 g/mol. The summed E-state index contributed by atoms with van der Waals surface area (Å²) in [6, 6.07) is 0. The Morgan fingerprint density at radius 1 is 0.810 bits per heavy atom. The van der Waals surface area contributed by atoms with Crippen LogP contribution in [0.3, 0.4) is 0 Å². The van der Waals surface area contributed by atoms with Gasteiger partial charge in [0.15, 0.2) is 0 Å². The topological polar surface area (TPSA) is 37.3 Å². The third-order valence-electron chi connectivity index (χ3n) is 3.84. The molecule has 3 heteroatoms. The minimum absolute atomic E-state index is 0.538. The van der Waals surface area contributed by atoms with Gasteiger partial charge in [0.2, 0.25) is 5.83 Å². The van der Waals surface area contributed by atoms with Gasteiger partial charge >= 0.3 is 5.97 Å². The summed E-state index contributed by atoms with van der Waals surface area (Å²) in [5, 5.41) is 8.34. The van der Waals surface area contributed by atoms with E-state index in [2.05, 4.69) is 6.92 Å². The average molecular weight is 300 g/mol. The lowest BCUT2D eigenvalue weighted by atomic mass is 10.0. The number of carbonyl (C=O) groups is 1. The number of unbranched alkanes of at least 4 members (excludes halogenated alkanes) is 13. The average Bonchev–Trinajstić information content (AvgIpc) is 2.47. The summed E-state index contributed by atoms with van der Waals surface area (Å²) >= 11 is 0. The molecule has 0 saturated heterocycles. The summed E-state index contributed by atoms with van der Waals surface area (Å²) < 4.78 is 12.6. The number of carboxylic acid groups (broad SMARTS) is 1. The summed E-state index contributed by atoms with van der Waals surface area (Å²) in [4.78, 5) is 10.2. The summed E-state index contributed by atoms with van der Waals surface area (Å²) in [5.41, 5.74) is 0. The van der Waals surface area contributed by atoms with Crippen LogP contribution in [-0.4, -0.2) is 11.1 Å². The maximum Gasteiger partial charge on any atom is 0.364 e. The van der Waals surface area contributed by atoms with Gasteiger partial charge in [-0.1, -0.05) is 84.0 Å². The van der Waals surface area contributed by atoms with Crippen LogP contribution in [0.5, 0.6) is 0 Å². The number of hydrogen-bond donors (Lipinski definition) is 1. The Morgan fingerprint density at radius 3 is 1.57 bits per heavy atom. The van der Waals surface area contributed by atoms with Gasteiger partial charge in [-0.2, -0.15) is 4.39 Å². The first-order valence-corrected chi connectivity index (χ1v) is 8.77. The zero-order valence-corrected chi connectivity index (χ0v) is 13.7. The van der Waals surface area contributed by atoms with Crippen molar-refractivity contribution in [2.24, 2.45) is 0 Å². The highest BCUT2D eigenvalue weighted by Gasteiger charge is 2.02. The van der Waals surface area contributed by atoms with Crippen LogP contribution in [0, 0.1) is 0 Å². The van der Waals surface area contributed by atoms with Gasteiger partial charge in [-0.3, -0.25) is 0 Å². The van der Waals surface area contributed by atoms with E-state index in [9.17, 15) is 9.18 Å². The highest BCUT2D eigenvalue weighted by atomic mass is 19.1. The third kappa shape index (κ3) is 15.3. The van der Waals surface area contributed by atoms with E-state index in [0.29, 0.717) is 6.42 Å². The molecule has 0 aromatic heterocycles.